The monoisotopic (exact) mass is 455 g/mol. The van der Waals surface area contributed by atoms with E-state index in [4.69, 9.17) is 19.9 Å². The number of nitrogens with zero attached hydrogens (tertiary/aromatic N) is 2. The van der Waals surface area contributed by atoms with Crippen molar-refractivity contribution in [3.8, 4) is 16.9 Å². The van der Waals surface area contributed by atoms with E-state index in [0.717, 1.165) is 29.5 Å². The van der Waals surface area contributed by atoms with Gasteiger partial charge in [-0.15, -0.1) is 0 Å². The number of nitrogens with two attached hydrogens (primary N) is 1. The number of pyridine rings is 2. The molecule has 2 aromatic heterocycles. The van der Waals surface area contributed by atoms with Crippen molar-refractivity contribution in [1.82, 2.24) is 9.97 Å². The molecule has 0 spiro atoms. The van der Waals surface area contributed by atoms with Gasteiger partial charge in [-0.05, 0) is 37.3 Å². The minimum absolute atomic E-state index is 0.0494. The molecular weight excluding hydrogens is 432 g/mol. The van der Waals surface area contributed by atoms with E-state index < -0.39 is 23.8 Å². The molecule has 172 valence electrons. The third kappa shape index (κ3) is 4.15. The van der Waals surface area contributed by atoms with Gasteiger partial charge < -0.3 is 25.1 Å². The number of benzene rings is 1. The van der Waals surface area contributed by atoms with Crippen LogP contribution in [-0.2, 0) is 9.47 Å². The van der Waals surface area contributed by atoms with Crippen molar-refractivity contribution in [3.63, 3.8) is 0 Å². The average molecular weight is 455 g/mol. The van der Waals surface area contributed by atoms with Crippen molar-refractivity contribution in [2.75, 3.05) is 18.9 Å². The zero-order chi connectivity index (χ0) is 23.1. The van der Waals surface area contributed by atoms with Crippen LogP contribution in [0.2, 0.25) is 0 Å². The van der Waals surface area contributed by atoms with Crippen molar-refractivity contribution in [3.05, 3.63) is 71.7 Å². The summed E-state index contributed by atoms with van der Waals surface area (Å²) in [5, 5.41) is 9.93. The maximum Gasteiger partial charge on any atom is 0.166 e. The second kappa shape index (κ2) is 8.66. The van der Waals surface area contributed by atoms with Crippen LogP contribution in [0.1, 0.15) is 30.2 Å². The van der Waals surface area contributed by atoms with Crippen LogP contribution in [-0.4, -0.2) is 46.6 Å². The van der Waals surface area contributed by atoms with E-state index in [1.807, 2.05) is 12.1 Å². The van der Waals surface area contributed by atoms with Crippen LogP contribution in [0, 0.1) is 11.6 Å². The molecule has 4 heterocycles. The summed E-state index contributed by atoms with van der Waals surface area (Å²) < 4.78 is 44.8. The van der Waals surface area contributed by atoms with Gasteiger partial charge in [-0.25, -0.2) is 13.8 Å². The fraction of sp³-hybridized carbons (Fsp3) is 0.333. The molecule has 9 heteroatoms. The summed E-state index contributed by atoms with van der Waals surface area (Å²) in [7, 11) is 0. The molecular formula is C24H23F2N3O4. The minimum Gasteiger partial charge on any atom is -0.482 e. The first-order valence-electron chi connectivity index (χ1n) is 10.7. The summed E-state index contributed by atoms with van der Waals surface area (Å²) in [5.74, 6) is -0.773. The molecule has 3 aromatic rings. The van der Waals surface area contributed by atoms with Gasteiger partial charge in [0, 0.05) is 34.8 Å². The van der Waals surface area contributed by atoms with Crippen LogP contribution in [0.15, 0.2) is 48.8 Å². The molecule has 0 saturated carbocycles. The first-order valence-corrected chi connectivity index (χ1v) is 10.7. The molecule has 5 rings (SSSR count). The van der Waals surface area contributed by atoms with Crippen LogP contribution in [0.3, 0.4) is 0 Å². The quantitative estimate of drug-likeness (QED) is 0.608. The maximum atomic E-state index is 14.1. The number of hydrogen-bond acceptors (Lipinski definition) is 7. The molecule has 2 fully saturated rings. The predicted molar refractivity (Wildman–Crippen MR) is 116 cm³/mol. The molecule has 3 N–H and O–H groups in total. The summed E-state index contributed by atoms with van der Waals surface area (Å²) >= 11 is 0. The SMILES string of the molecule is C[C@@H](Oc1cc(-c2ccc([C@H]3CO[C@H]4[C@@H]3OC[C@H]4O)nc2)cnc1N)c1cc(F)ccc1F. The number of rotatable bonds is 5. The van der Waals surface area contributed by atoms with Gasteiger partial charge in [0.1, 0.15) is 29.9 Å². The number of hydrogen-bond donors (Lipinski definition) is 2. The Kier molecular flexibility index (Phi) is 5.69. The summed E-state index contributed by atoms with van der Waals surface area (Å²) in [4.78, 5) is 8.75. The van der Waals surface area contributed by atoms with E-state index in [0.29, 0.717) is 12.2 Å². The number of nitrogen functional groups attached to an aromatic ring is 1. The Morgan fingerprint density at radius 2 is 1.82 bits per heavy atom. The van der Waals surface area contributed by atoms with E-state index in [-0.39, 0.29) is 41.9 Å². The maximum absolute atomic E-state index is 14.1. The number of ether oxygens (including phenoxy) is 3. The molecule has 33 heavy (non-hydrogen) atoms. The number of aromatic nitrogens is 2. The predicted octanol–water partition coefficient (Wildman–Crippen LogP) is 3.39. The van der Waals surface area contributed by atoms with Gasteiger partial charge in [0.05, 0.1) is 25.2 Å². The summed E-state index contributed by atoms with van der Waals surface area (Å²) in [6, 6.07) is 8.69. The van der Waals surface area contributed by atoms with Crippen LogP contribution in [0.25, 0.3) is 11.1 Å². The molecule has 2 aliphatic rings. The highest BCUT2D eigenvalue weighted by Crippen LogP contribution is 2.37. The molecule has 2 saturated heterocycles. The molecule has 5 atom stereocenters. The lowest BCUT2D eigenvalue weighted by Crippen LogP contribution is -2.28. The lowest BCUT2D eigenvalue weighted by atomic mass is 9.96. The summed E-state index contributed by atoms with van der Waals surface area (Å²) in [5.41, 5.74) is 8.35. The topological polar surface area (TPSA) is 99.7 Å². The first kappa shape index (κ1) is 21.7. The standard InChI is InChI=1S/C24H23F2N3O4/c1-12(16-7-15(25)3-4-18(16)26)33-21-6-14(9-29-24(21)27)13-2-5-19(28-8-13)17-10-31-23-20(30)11-32-22(17)23/h2-9,12,17,20,22-23,30H,10-11H2,1H3,(H2,27,29)/t12-,17-,20-,22-,23-/m1/s1. The number of anilines is 1. The second-order valence-electron chi connectivity index (χ2n) is 8.27. The molecule has 2 aliphatic heterocycles. The lowest BCUT2D eigenvalue weighted by molar-refractivity contribution is 0.0181. The van der Waals surface area contributed by atoms with Crippen molar-refractivity contribution >= 4 is 5.82 Å². The Hall–Kier alpha value is -3.14. The first-order chi connectivity index (χ1) is 15.9. The third-order valence-corrected chi connectivity index (χ3v) is 6.11. The Labute approximate surface area is 189 Å². The van der Waals surface area contributed by atoms with E-state index in [9.17, 15) is 13.9 Å². The largest absolute Gasteiger partial charge is 0.482 e. The third-order valence-electron chi connectivity index (χ3n) is 6.11. The fourth-order valence-electron chi connectivity index (χ4n) is 4.32. The highest BCUT2D eigenvalue weighted by Gasteiger charge is 2.48. The number of fused-ring (bicyclic) bond motifs is 1. The number of halogens is 2. The lowest BCUT2D eigenvalue weighted by Gasteiger charge is -2.18. The van der Waals surface area contributed by atoms with E-state index in [1.54, 1.807) is 25.4 Å². The highest BCUT2D eigenvalue weighted by atomic mass is 19.1. The van der Waals surface area contributed by atoms with Crippen molar-refractivity contribution in [2.24, 2.45) is 0 Å². The Morgan fingerprint density at radius 3 is 2.61 bits per heavy atom. The van der Waals surface area contributed by atoms with Crippen LogP contribution >= 0.6 is 0 Å². The highest BCUT2D eigenvalue weighted by molar-refractivity contribution is 5.66. The molecule has 7 nitrogen and oxygen atoms in total. The van der Waals surface area contributed by atoms with E-state index in [2.05, 4.69) is 9.97 Å². The number of aliphatic hydroxyl groups excluding tert-OH is 1. The molecule has 0 unspecified atom stereocenters. The normalized spacial score (nSPS) is 25.1. The van der Waals surface area contributed by atoms with E-state index in [1.165, 1.54) is 0 Å². The van der Waals surface area contributed by atoms with Crippen molar-refractivity contribution in [1.29, 1.82) is 0 Å². The average Bonchev–Trinajstić information content (AvgIpc) is 3.40. The summed E-state index contributed by atoms with van der Waals surface area (Å²) in [6.07, 6.45) is 1.39. The minimum atomic E-state index is -0.780. The molecule has 1 aromatic carbocycles. The smallest absolute Gasteiger partial charge is 0.166 e. The van der Waals surface area contributed by atoms with Gasteiger partial charge in [0.15, 0.2) is 11.6 Å². The van der Waals surface area contributed by atoms with Crippen molar-refractivity contribution < 1.29 is 28.1 Å². The van der Waals surface area contributed by atoms with Crippen LogP contribution in [0.4, 0.5) is 14.6 Å². The van der Waals surface area contributed by atoms with Crippen LogP contribution < -0.4 is 10.5 Å². The molecule has 0 bridgehead atoms. The van der Waals surface area contributed by atoms with E-state index >= 15 is 0 Å². The van der Waals surface area contributed by atoms with Gasteiger partial charge in [-0.3, -0.25) is 4.98 Å². The molecule has 0 amide bonds. The molecule has 0 aliphatic carbocycles. The zero-order valence-electron chi connectivity index (χ0n) is 17.8. The molecule has 0 radical (unpaired) electrons. The van der Waals surface area contributed by atoms with Crippen molar-refractivity contribution in [2.45, 2.75) is 37.3 Å². The Balaban J connectivity index is 1.35. The second-order valence-corrected chi connectivity index (χ2v) is 8.27. The summed E-state index contributed by atoms with van der Waals surface area (Å²) in [6.45, 7) is 2.32. The number of aliphatic hydroxyl groups is 1. The Bertz CT molecular complexity index is 1160. The zero-order valence-corrected chi connectivity index (χ0v) is 17.8. The van der Waals surface area contributed by atoms with Gasteiger partial charge in [-0.1, -0.05) is 6.07 Å². The fourth-order valence-corrected chi connectivity index (χ4v) is 4.32. The van der Waals surface area contributed by atoms with Gasteiger partial charge in [0.2, 0.25) is 0 Å². The Morgan fingerprint density at radius 1 is 1.03 bits per heavy atom. The van der Waals surface area contributed by atoms with Crippen LogP contribution in [0.5, 0.6) is 5.75 Å². The van der Waals surface area contributed by atoms with Gasteiger partial charge in [0.25, 0.3) is 0 Å². The van der Waals surface area contributed by atoms with Gasteiger partial charge >= 0.3 is 0 Å². The van der Waals surface area contributed by atoms with Gasteiger partial charge in [-0.2, -0.15) is 0 Å².